The topological polar surface area (TPSA) is 79.0 Å². The molecule has 0 aromatic heterocycles. The number of anilines is 1. The first-order valence-corrected chi connectivity index (χ1v) is 6.17. The van der Waals surface area contributed by atoms with E-state index in [0.29, 0.717) is 25.4 Å². The zero-order valence-corrected chi connectivity index (χ0v) is 10.3. The normalized spacial score (nSPS) is 22.9. The Morgan fingerprint density at radius 1 is 1.39 bits per heavy atom. The van der Waals surface area contributed by atoms with E-state index in [0.717, 1.165) is 12.1 Å². The fraction of sp³-hybridized carbons (Fsp3) is 0.538. The lowest BCUT2D eigenvalue weighted by atomic mass is 10.1. The molecule has 1 saturated heterocycles. The van der Waals surface area contributed by atoms with Crippen LogP contribution in [0.2, 0.25) is 0 Å². The van der Waals surface area contributed by atoms with E-state index >= 15 is 0 Å². The average molecular weight is 252 g/mol. The number of benzene rings is 1. The third-order valence-corrected chi connectivity index (χ3v) is 3.29. The van der Waals surface area contributed by atoms with Crippen molar-refractivity contribution in [3.63, 3.8) is 0 Å². The van der Waals surface area contributed by atoms with Gasteiger partial charge in [-0.3, -0.25) is 4.90 Å². The number of β-amino-alcohol motifs (C(OH)–C–C–N with tert-alkyl or cyclic N) is 1. The highest BCUT2D eigenvalue weighted by atomic mass is 16.5. The average Bonchev–Trinajstić information content (AvgIpc) is 2.40. The predicted octanol–water partition coefficient (Wildman–Crippen LogP) is -0.00470. The maximum absolute atomic E-state index is 10.2. The zero-order valence-electron chi connectivity index (χ0n) is 10.3. The van der Waals surface area contributed by atoms with Crippen molar-refractivity contribution in [1.82, 2.24) is 4.90 Å². The molecule has 1 heterocycles. The predicted molar refractivity (Wildman–Crippen MR) is 69.1 cm³/mol. The lowest BCUT2D eigenvalue weighted by Gasteiger charge is -2.35. The minimum atomic E-state index is -0.572. The largest absolute Gasteiger partial charge is 0.399 e. The molecular formula is C13H20N2O3. The van der Waals surface area contributed by atoms with Gasteiger partial charge in [-0.1, -0.05) is 12.1 Å². The third kappa shape index (κ3) is 3.20. The molecule has 2 atom stereocenters. The van der Waals surface area contributed by atoms with Gasteiger partial charge in [-0.25, -0.2) is 0 Å². The van der Waals surface area contributed by atoms with Gasteiger partial charge >= 0.3 is 0 Å². The SMILES string of the molecule is Nc1ccc(C(O)CN2CCOCC2CO)cc1. The monoisotopic (exact) mass is 252 g/mol. The molecule has 0 spiro atoms. The first-order valence-electron chi connectivity index (χ1n) is 6.17. The molecule has 100 valence electrons. The van der Waals surface area contributed by atoms with Crippen molar-refractivity contribution in [2.24, 2.45) is 0 Å². The number of rotatable bonds is 4. The zero-order chi connectivity index (χ0) is 13.0. The van der Waals surface area contributed by atoms with Gasteiger partial charge in [-0.15, -0.1) is 0 Å². The van der Waals surface area contributed by atoms with Crippen molar-refractivity contribution in [2.75, 3.05) is 38.6 Å². The Morgan fingerprint density at radius 3 is 2.78 bits per heavy atom. The van der Waals surface area contributed by atoms with Crippen molar-refractivity contribution < 1.29 is 14.9 Å². The van der Waals surface area contributed by atoms with Gasteiger partial charge in [0.05, 0.1) is 32.0 Å². The van der Waals surface area contributed by atoms with E-state index in [1.807, 2.05) is 12.1 Å². The fourth-order valence-electron chi connectivity index (χ4n) is 2.14. The van der Waals surface area contributed by atoms with Gasteiger partial charge in [-0.2, -0.15) is 0 Å². The Kier molecular flexibility index (Phi) is 4.54. The molecule has 2 rings (SSSR count). The minimum Gasteiger partial charge on any atom is -0.399 e. The smallest absolute Gasteiger partial charge is 0.0917 e. The first kappa shape index (κ1) is 13.3. The van der Waals surface area contributed by atoms with Gasteiger partial charge in [0.2, 0.25) is 0 Å². The molecule has 0 aliphatic carbocycles. The molecular weight excluding hydrogens is 232 g/mol. The number of hydrogen-bond donors (Lipinski definition) is 3. The van der Waals surface area contributed by atoms with Crippen LogP contribution in [0.1, 0.15) is 11.7 Å². The number of nitrogens with zero attached hydrogens (tertiary/aromatic N) is 1. The lowest BCUT2D eigenvalue weighted by molar-refractivity contribution is -0.0437. The second kappa shape index (κ2) is 6.15. The second-order valence-electron chi connectivity index (χ2n) is 4.59. The van der Waals surface area contributed by atoms with Crippen LogP contribution in [0.4, 0.5) is 5.69 Å². The Labute approximate surface area is 107 Å². The van der Waals surface area contributed by atoms with Gasteiger partial charge in [0, 0.05) is 18.8 Å². The highest BCUT2D eigenvalue weighted by molar-refractivity contribution is 5.39. The van der Waals surface area contributed by atoms with Crippen molar-refractivity contribution in [2.45, 2.75) is 12.1 Å². The highest BCUT2D eigenvalue weighted by Crippen LogP contribution is 2.18. The molecule has 0 amide bonds. The molecule has 1 aromatic carbocycles. The standard InChI is InChI=1S/C13H20N2O3/c14-11-3-1-10(2-4-11)13(17)7-15-5-6-18-9-12(15)8-16/h1-4,12-13,16-17H,5-9,14H2. The van der Waals surface area contributed by atoms with E-state index < -0.39 is 6.10 Å². The molecule has 1 aliphatic heterocycles. The summed E-state index contributed by atoms with van der Waals surface area (Å²) >= 11 is 0. The summed E-state index contributed by atoms with van der Waals surface area (Å²) in [7, 11) is 0. The molecule has 2 unspecified atom stereocenters. The third-order valence-electron chi connectivity index (χ3n) is 3.29. The van der Waals surface area contributed by atoms with Crippen molar-refractivity contribution in [3.05, 3.63) is 29.8 Å². The van der Waals surface area contributed by atoms with Crippen molar-refractivity contribution in [1.29, 1.82) is 0 Å². The molecule has 5 heteroatoms. The van der Waals surface area contributed by atoms with Gasteiger partial charge in [-0.05, 0) is 17.7 Å². The fourth-order valence-corrected chi connectivity index (χ4v) is 2.14. The molecule has 4 N–H and O–H groups in total. The number of hydrogen-bond acceptors (Lipinski definition) is 5. The van der Waals surface area contributed by atoms with E-state index in [4.69, 9.17) is 10.5 Å². The van der Waals surface area contributed by atoms with E-state index in [-0.39, 0.29) is 12.6 Å². The van der Waals surface area contributed by atoms with E-state index in [2.05, 4.69) is 4.90 Å². The molecule has 1 aromatic rings. The molecule has 1 aliphatic rings. The maximum Gasteiger partial charge on any atom is 0.0917 e. The van der Waals surface area contributed by atoms with Crippen LogP contribution >= 0.6 is 0 Å². The number of nitrogen functional groups attached to an aromatic ring is 1. The quantitative estimate of drug-likeness (QED) is 0.657. The summed E-state index contributed by atoms with van der Waals surface area (Å²) in [4.78, 5) is 2.06. The number of ether oxygens (including phenoxy) is 1. The number of nitrogens with two attached hydrogens (primary N) is 1. The summed E-state index contributed by atoms with van der Waals surface area (Å²) in [5.41, 5.74) is 7.14. The summed E-state index contributed by atoms with van der Waals surface area (Å²) in [6.07, 6.45) is -0.572. The summed E-state index contributed by atoms with van der Waals surface area (Å²) in [5.74, 6) is 0. The molecule has 5 nitrogen and oxygen atoms in total. The van der Waals surface area contributed by atoms with E-state index in [9.17, 15) is 10.2 Å². The Morgan fingerprint density at radius 2 is 2.11 bits per heavy atom. The number of morpholine rings is 1. The molecule has 0 saturated carbocycles. The van der Waals surface area contributed by atoms with E-state index in [1.165, 1.54) is 0 Å². The Hall–Kier alpha value is -1.14. The van der Waals surface area contributed by atoms with Crippen LogP contribution in [-0.4, -0.2) is 54.1 Å². The van der Waals surface area contributed by atoms with Crippen molar-refractivity contribution >= 4 is 5.69 Å². The summed E-state index contributed by atoms with van der Waals surface area (Å²) in [5, 5.41) is 19.4. The van der Waals surface area contributed by atoms with Crippen LogP contribution in [0.25, 0.3) is 0 Å². The maximum atomic E-state index is 10.2. The van der Waals surface area contributed by atoms with E-state index in [1.54, 1.807) is 12.1 Å². The number of aliphatic hydroxyl groups excluding tert-OH is 2. The van der Waals surface area contributed by atoms with Gasteiger partial charge < -0.3 is 20.7 Å². The summed E-state index contributed by atoms with van der Waals surface area (Å²) < 4.78 is 5.31. The molecule has 0 bridgehead atoms. The first-order chi connectivity index (χ1) is 8.70. The second-order valence-corrected chi connectivity index (χ2v) is 4.59. The summed E-state index contributed by atoms with van der Waals surface area (Å²) in [6.45, 7) is 2.44. The van der Waals surface area contributed by atoms with Crippen LogP contribution < -0.4 is 5.73 Å². The molecule has 0 radical (unpaired) electrons. The van der Waals surface area contributed by atoms with Crippen LogP contribution in [0, 0.1) is 0 Å². The van der Waals surface area contributed by atoms with Crippen molar-refractivity contribution in [3.8, 4) is 0 Å². The van der Waals surface area contributed by atoms with Crippen LogP contribution in [0.15, 0.2) is 24.3 Å². The molecule has 18 heavy (non-hydrogen) atoms. The molecule has 1 fully saturated rings. The van der Waals surface area contributed by atoms with Gasteiger partial charge in [0.1, 0.15) is 0 Å². The number of aliphatic hydroxyl groups is 2. The van der Waals surface area contributed by atoms with Crippen LogP contribution in [-0.2, 0) is 4.74 Å². The Balaban J connectivity index is 1.97. The lowest BCUT2D eigenvalue weighted by Crippen LogP contribution is -2.48. The Bertz CT molecular complexity index is 369. The van der Waals surface area contributed by atoms with Crippen LogP contribution in [0.5, 0.6) is 0 Å². The highest BCUT2D eigenvalue weighted by Gasteiger charge is 2.24. The minimum absolute atomic E-state index is 0.0258. The van der Waals surface area contributed by atoms with Gasteiger partial charge in [0.25, 0.3) is 0 Å². The van der Waals surface area contributed by atoms with Crippen LogP contribution in [0.3, 0.4) is 0 Å². The van der Waals surface area contributed by atoms with Gasteiger partial charge in [0.15, 0.2) is 0 Å². The summed E-state index contributed by atoms with van der Waals surface area (Å²) in [6, 6.07) is 7.19.